The number of nitrogens with zero attached hydrogens (tertiary/aromatic N) is 2. The molecule has 1 aromatic rings. The summed E-state index contributed by atoms with van der Waals surface area (Å²) < 4.78 is 0. The predicted molar refractivity (Wildman–Crippen MR) is 58.1 cm³/mol. The Kier molecular flexibility index (Phi) is 4.44. The van der Waals surface area contributed by atoms with Gasteiger partial charge >= 0.3 is 5.97 Å². The van der Waals surface area contributed by atoms with E-state index in [-0.39, 0.29) is 12.5 Å². The average Bonchev–Trinajstić information content (AvgIpc) is 2.28. The van der Waals surface area contributed by atoms with Gasteiger partial charge in [0, 0.05) is 24.5 Å². The van der Waals surface area contributed by atoms with Crippen LogP contribution in [0.3, 0.4) is 0 Å². The van der Waals surface area contributed by atoms with Gasteiger partial charge in [-0.05, 0) is 18.6 Å². The van der Waals surface area contributed by atoms with Gasteiger partial charge < -0.3 is 10.0 Å². The number of carbonyl (C=O) groups is 2. The molecule has 0 aliphatic carbocycles. The maximum atomic E-state index is 11.9. The highest BCUT2D eigenvalue weighted by Gasteiger charge is 2.17. The van der Waals surface area contributed by atoms with Gasteiger partial charge in [-0.3, -0.25) is 14.6 Å². The summed E-state index contributed by atoms with van der Waals surface area (Å²) in [6.45, 7) is 2.07. The largest absolute Gasteiger partial charge is 0.480 e. The van der Waals surface area contributed by atoms with Gasteiger partial charge in [-0.25, -0.2) is 0 Å². The van der Waals surface area contributed by atoms with Crippen LogP contribution in [0, 0.1) is 0 Å². The Bertz CT molecular complexity index is 365. The molecule has 5 nitrogen and oxygen atoms in total. The maximum absolute atomic E-state index is 11.9. The molecule has 5 heteroatoms. The van der Waals surface area contributed by atoms with Gasteiger partial charge in [-0.15, -0.1) is 0 Å². The molecule has 0 bridgehead atoms. The maximum Gasteiger partial charge on any atom is 0.323 e. The summed E-state index contributed by atoms with van der Waals surface area (Å²) in [4.78, 5) is 27.6. The van der Waals surface area contributed by atoms with Crippen molar-refractivity contribution in [1.29, 1.82) is 0 Å². The van der Waals surface area contributed by atoms with Crippen molar-refractivity contribution in [2.24, 2.45) is 0 Å². The summed E-state index contributed by atoms with van der Waals surface area (Å²) in [5, 5.41) is 8.70. The van der Waals surface area contributed by atoms with E-state index in [1.165, 1.54) is 17.3 Å². The molecule has 0 aliphatic rings. The van der Waals surface area contributed by atoms with E-state index in [1.54, 1.807) is 12.1 Å². The first-order valence-corrected chi connectivity index (χ1v) is 5.06. The Balaban J connectivity index is 2.78. The van der Waals surface area contributed by atoms with Crippen molar-refractivity contribution in [3.05, 3.63) is 30.1 Å². The minimum absolute atomic E-state index is 0.269. The van der Waals surface area contributed by atoms with Crippen LogP contribution >= 0.6 is 0 Å². The van der Waals surface area contributed by atoms with Crippen molar-refractivity contribution >= 4 is 11.9 Å². The zero-order valence-corrected chi connectivity index (χ0v) is 9.09. The van der Waals surface area contributed by atoms with Crippen LogP contribution in [0.2, 0.25) is 0 Å². The fourth-order valence-corrected chi connectivity index (χ4v) is 1.36. The molecule has 1 heterocycles. The summed E-state index contributed by atoms with van der Waals surface area (Å²) in [6.07, 6.45) is 3.75. The van der Waals surface area contributed by atoms with Crippen molar-refractivity contribution in [2.75, 3.05) is 13.1 Å². The summed E-state index contributed by atoms with van der Waals surface area (Å²) in [6, 6.07) is 3.15. The Morgan fingerprint density at radius 2 is 2.00 bits per heavy atom. The quantitative estimate of drug-likeness (QED) is 0.807. The molecule has 16 heavy (non-hydrogen) atoms. The van der Waals surface area contributed by atoms with E-state index in [0.29, 0.717) is 12.1 Å². The average molecular weight is 222 g/mol. The topological polar surface area (TPSA) is 70.5 Å². The molecular weight excluding hydrogens is 208 g/mol. The molecule has 0 fully saturated rings. The zero-order valence-electron chi connectivity index (χ0n) is 9.09. The van der Waals surface area contributed by atoms with Gasteiger partial charge in [0.15, 0.2) is 0 Å². The lowest BCUT2D eigenvalue weighted by Crippen LogP contribution is -2.36. The molecule has 0 atom stereocenters. The molecular formula is C11H14N2O3. The van der Waals surface area contributed by atoms with Gasteiger partial charge in [0.1, 0.15) is 6.54 Å². The highest BCUT2D eigenvalue weighted by atomic mass is 16.4. The molecule has 1 rings (SSSR count). The van der Waals surface area contributed by atoms with E-state index in [1.807, 2.05) is 6.92 Å². The van der Waals surface area contributed by atoms with Crippen LogP contribution in [0.25, 0.3) is 0 Å². The SMILES string of the molecule is CCCN(CC(=O)O)C(=O)c1ccncc1. The third kappa shape index (κ3) is 3.34. The fraction of sp³-hybridized carbons (Fsp3) is 0.364. The number of hydrogen-bond donors (Lipinski definition) is 1. The number of pyridine rings is 1. The van der Waals surface area contributed by atoms with Gasteiger partial charge in [-0.1, -0.05) is 6.92 Å². The van der Waals surface area contributed by atoms with Crippen molar-refractivity contribution in [1.82, 2.24) is 9.88 Å². The summed E-state index contributed by atoms with van der Waals surface area (Å²) >= 11 is 0. The molecule has 1 aromatic heterocycles. The lowest BCUT2D eigenvalue weighted by molar-refractivity contribution is -0.137. The summed E-state index contributed by atoms with van der Waals surface area (Å²) in [5.41, 5.74) is 0.463. The highest BCUT2D eigenvalue weighted by molar-refractivity contribution is 5.95. The lowest BCUT2D eigenvalue weighted by atomic mass is 10.2. The third-order valence-corrected chi connectivity index (χ3v) is 2.03. The molecule has 0 aliphatic heterocycles. The van der Waals surface area contributed by atoms with Crippen molar-refractivity contribution in [3.8, 4) is 0 Å². The second-order valence-electron chi connectivity index (χ2n) is 3.36. The van der Waals surface area contributed by atoms with Crippen LogP contribution in [0.1, 0.15) is 23.7 Å². The van der Waals surface area contributed by atoms with E-state index in [2.05, 4.69) is 4.98 Å². The first-order valence-electron chi connectivity index (χ1n) is 5.06. The van der Waals surface area contributed by atoms with E-state index < -0.39 is 5.97 Å². The normalized spacial score (nSPS) is 9.81. The van der Waals surface area contributed by atoms with Crippen LogP contribution in [-0.4, -0.2) is 40.0 Å². The van der Waals surface area contributed by atoms with Crippen molar-refractivity contribution < 1.29 is 14.7 Å². The van der Waals surface area contributed by atoms with Crippen LogP contribution in [0.15, 0.2) is 24.5 Å². The van der Waals surface area contributed by atoms with E-state index in [4.69, 9.17) is 5.11 Å². The molecule has 0 aromatic carbocycles. The van der Waals surface area contributed by atoms with Crippen LogP contribution in [-0.2, 0) is 4.79 Å². The van der Waals surface area contributed by atoms with Gasteiger partial charge in [0.25, 0.3) is 5.91 Å². The number of aliphatic carboxylic acids is 1. The Hall–Kier alpha value is -1.91. The monoisotopic (exact) mass is 222 g/mol. The van der Waals surface area contributed by atoms with Crippen LogP contribution in [0.5, 0.6) is 0 Å². The minimum atomic E-state index is -1.00. The van der Waals surface area contributed by atoms with Crippen molar-refractivity contribution in [2.45, 2.75) is 13.3 Å². The number of carboxylic acids is 1. The van der Waals surface area contributed by atoms with Gasteiger partial charge in [0.2, 0.25) is 0 Å². The zero-order chi connectivity index (χ0) is 12.0. The van der Waals surface area contributed by atoms with Crippen LogP contribution in [0.4, 0.5) is 0 Å². The Labute approximate surface area is 93.7 Å². The molecule has 0 saturated carbocycles. The molecule has 0 unspecified atom stereocenters. The second kappa shape index (κ2) is 5.85. The molecule has 1 amide bonds. The number of carboxylic acid groups (broad SMARTS) is 1. The number of amides is 1. The second-order valence-corrected chi connectivity index (χ2v) is 3.36. The van der Waals surface area contributed by atoms with E-state index in [0.717, 1.165) is 6.42 Å². The first kappa shape index (κ1) is 12.2. The molecule has 0 saturated heterocycles. The van der Waals surface area contributed by atoms with E-state index >= 15 is 0 Å². The molecule has 0 radical (unpaired) electrons. The van der Waals surface area contributed by atoms with Crippen LogP contribution < -0.4 is 0 Å². The highest BCUT2D eigenvalue weighted by Crippen LogP contribution is 2.04. The predicted octanol–water partition coefficient (Wildman–Crippen LogP) is 1.02. The smallest absolute Gasteiger partial charge is 0.323 e. The third-order valence-electron chi connectivity index (χ3n) is 2.03. The summed E-state index contributed by atoms with van der Waals surface area (Å²) in [7, 11) is 0. The van der Waals surface area contributed by atoms with Crippen molar-refractivity contribution in [3.63, 3.8) is 0 Å². The Morgan fingerprint density at radius 3 is 2.50 bits per heavy atom. The standard InChI is InChI=1S/C11H14N2O3/c1-2-7-13(8-10(14)15)11(16)9-3-5-12-6-4-9/h3-6H,2,7-8H2,1H3,(H,14,15). The fourth-order valence-electron chi connectivity index (χ4n) is 1.36. The molecule has 1 N–H and O–H groups in total. The summed E-state index contributed by atoms with van der Waals surface area (Å²) in [5.74, 6) is -1.28. The number of hydrogen-bond acceptors (Lipinski definition) is 3. The number of aromatic nitrogens is 1. The van der Waals surface area contributed by atoms with Gasteiger partial charge in [-0.2, -0.15) is 0 Å². The van der Waals surface area contributed by atoms with E-state index in [9.17, 15) is 9.59 Å². The first-order chi connectivity index (χ1) is 7.65. The number of carbonyl (C=O) groups excluding carboxylic acids is 1. The lowest BCUT2D eigenvalue weighted by Gasteiger charge is -2.19. The molecule has 0 spiro atoms. The van der Waals surface area contributed by atoms with Gasteiger partial charge in [0.05, 0.1) is 0 Å². The number of rotatable bonds is 5. The Morgan fingerprint density at radius 1 is 1.38 bits per heavy atom. The minimum Gasteiger partial charge on any atom is -0.480 e. The molecule has 86 valence electrons.